The molecule has 396 valence electrons. The van der Waals surface area contributed by atoms with Crippen LogP contribution in [0.25, 0.3) is 0 Å². The second-order valence-electron chi connectivity index (χ2n) is 19.2. The summed E-state index contributed by atoms with van der Waals surface area (Å²) in [6, 6.07) is 0. The predicted molar refractivity (Wildman–Crippen MR) is 297 cm³/mol. The minimum absolute atomic E-state index is 0.0860. The predicted octanol–water partition coefficient (Wildman–Crippen LogP) is 19.5. The van der Waals surface area contributed by atoms with E-state index < -0.39 is 6.10 Å². The van der Waals surface area contributed by atoms with Crippen LogP contribution in [0.2, 0.25) is 0 Å². The van der Waals surface area contributed by atoms with Crippen LogP contribution < -0.4 is 0 Å². The molecule has 0 aromatic rings. The largest absolute Gasteiger partial charge is 0.462 e. The van der Waals surface area contributed by atoms with Gasteiger partial charge in [-0.3, -0.25) is 14.4 Å². The Bertz CT molecular complexity index is 1330. The lowest BCUT2D eigenvalue weighted by atomic mass is 10.0. The van der Waals surface area contributed by atoms with Gasteiger partial charge in [-0.05, 0) is 96.3 Å². The lowest BCUT2D eigenvalue weighted by Crippen LogP contribution is -2.30. The van der Waals surface area contributed by atoms with Crippen molar-refractivity contribution in [3.05, 3.63) is 85.1 Å². The van der Waals surface area contributed by atoms with Gasteiger partial charge in [-0.25, -0.2) is 0 Å². The topological polar surface area (TPSA) is 78.9 Å². The molecule has 0 N–H and O–H groups in total. The van der Waals surface area contributed by atoms with Gasteiger partial charge in [-0.15, -0.1) is 0 Å². The van der Waals surface area contributed by atoms with E-state index >= 15 is 0 Å². The van der Waals surface area contributed by atoms with Crippen molar-refractivity contribution in [2.45, 2.75) is 284 Å². The van der Waals surface area contributed by atoms with E-state index in [9.17, 15) is 14.4 Å². The van der Waals surface area contributed by atoms with Crippen LogP contribution in [0.1, 0.15) is 278 Å². The molecule has 0 heterocycles. The summed E-state index contributed by atoms with van der Waals surface area (Å²) in [6.45, 7) is 6.51. The highest BCUT2D eigenvalue weighted by Gasteiger charge is 2.19. The Kier molecular flexibility index (Phi) is 54.3. The highest BCUT2D eigenvalue weighted by molar-refractivity contribution is 5.71. The van der Waals surface area contributed by atoms with Crippen LogP contribution in [0, 0.1) is 0 Å². The summed E-state index contributed by atoms with van der Waals surface area (Å²) in [5.74, 6) is -0.914. The van der Waals surface area contributed by atoms with Gasteiger partial charge in [0.25, 0.3) is 0 Å². The van der Waals surface area contributed by atoms with Gasteiger partial charge in [-0.1, -0.05) is 247 Å². The van der Waals surface area contributed by atoms with Crippen molar-refractivity contribution in [2.24, 2.45) is 0 Å². The highest BCUT2D eigenvalue weighted by Crippen LogP contribution is 2.15. The maximum absolute atomic E-state index is 12.8. The Morgan fingerprint density at radius 1 is 0.304 bits per heavy atom. The number of ether oxygens (including phenoxy) is 3. The van der Waals surface area contributed by atoms with E-state index in [0.29, 0.717) is 19.3 Å². The van der Waals surface area contributed by atoms with Crippen LogP contribution in [-0.4, -0.2) is 37.2 Å². The molecular formula is C63H108O6. The Hall–Kier alpha value is -3.41. The van der Waals surface area contributed by atoms with Crippen LogP contribution in [0.3, 0.4) is 0 Å². The average Bonchev–Trinajstić information content (AvgIpc) is 3.35. The Balaban J connectivity index is 4.40. The molecule has 0 aromatic carbocycles. The summed E-state index contributed by atoms with van der Waals surface area (Å²) in [5, 5.41) is 0. The van der Waals surface area contributed by atoms with Gasteiger partial charge in [-0.2, -0.15) is 0 Å². The van der Waals surface area contributed by atoms with E-state index in [1.54, 1.807) is 0 Å². The van der Waals surface area contributed by atoms with Crippen molar-refractivity contribution >= 4 is 17.9 Å². The number of rotatable bonds is 52. The van der Waals surface area contributed by atoms with Crippen molar-refractivity contribution < 1.29 is 28.6 Å². The van der Waals surface area contributed by atoms with E-state index in [1.165, 1.54) is 116 Å². The molecule has 1 unspecified atom stereocenters. The molecule has 0 radical (unpaired) electrons. The van der Waals surface area contributed by atoms with Crippen LogP contribution in [0.5, 0.6) is 0 Å². The molecule has 0 aliphatic heterocycles. The summed E-state index contributed by atoms with van der Waals surface area (Å²) in [4.78, 5) is 38.1. The molecule has 0 bridgehead atoms. The smallest absolute Gasteiger partial charge is 0.306 e. The van der Waals surface area contributed by atoms with Gasteiger partial charge in [0.05, 0.1) is 0 Å². The van der Waals surface area contributed by atoms with Gasteiger partial charge in [0.1, 0.15) is 13.2 Å². The summed E-state index contributed by atoms with van der Waals surface area (Å²) >= 11 is 0. The standard InChI is InChI=1S/C63H108O6/c1-4-7-10-13-16-19-22-25-27-28-29-30-31-32-33-34-36-38-41-44-47-50-53-56-62(65)68-59-60(58-67-61(64)55-52-49-46-43-40-37-24-21-18-15-12-9-6-3)69-63(66)57-54-51-48-45-42-39-35-26-23-20-17-14-11-8-5-2/h7,10,16,19,25-27,29-30,32-33,35-36,38,60H,4-6,8-9,11-15,17-18,20-24,28,31,34,37,39-59H2,1-3H3/b10-7-,19-16-,27-25-,30-29-,33-32-,35-26-,38-36-. The number of hydrogen-bond donors (Lipinski definition) is 0. The minimum Gasteiger partial charge on any atom is -0.462 e. The second-order valence-corrected chi connectivity index (χ2v) is 19.2. The van der Waals surface area contributed by atoms with Gasteiger partial charge >= 0.3 is 17.9 Å². The Morgan fingerprint density at radius 2 is 0.565 bits per heavy atom. The number of allylic oxidation sites excluding steroid dienone is 14. The summed E-state index contributed by atoms with van der Waals surface area (Å²) in [5.41, 5.74) is 0. The Morgan fingerprint density at radius 3 is 0.899 bits per heavy atom. The average molecular weight is 962 g/mol. The fourth-order valence-electron chi connectivity index (χ4n) is 8.03. The van der Waals surface area contributed by atoms with E-state index in [1.807, 2.05) is 0 Å². The third-order valence-corrected chi connectivity index (χ3v) is 12.4. The number of carbonyl (C=O) groups excluding carboxylic acids is 3. The quantitative estimate of drug-likeness (QED) is 0.0262. The summed E-state index contributed by atoms with van der Waals surface area (Å²) in [6.07, 6.45) is 74.3. The normalized spacial score (nSPS) is 12.7. The molecule has 0 aromatic heterocycles. The first kappa shape index (κ1) is 65.6. The molecule has 0 aliphatic carbocycles. The van der Waals surface area contributed by atoms with Crippen molar-refractivity contribution in [1.29, 1.82) is 0 Å². The first-order valence-corrected chi connectivity index (χ1v) is 29.1. The molecule has 6 heteroatoms. The molecule has 0 aliphatic rings. The van der Waals surface area contributed by atoms with Gasteiger partial charge in [0.2, 0.25) is 0 Å². The number of esters is 3. The zero-order chi connectivity index (χ0) is 50.0. The fraction of sp³-hybridized carbons (Fsp3) is 0.730. The van der Waals surface area contributed by atoms with Gasteiger partial charge in [0.15, 0.2) is 6.10 Å². The molecule has 69 heavy (non-hydrogen) atoms. The molecule has 1 atom stereocenters. The van der Waals surface area contributed by atoms with E-state index in [-0.39, 0.29) is 31.1 Å². The zero-order valence-corrected chi connectivity index (χ0v) is 45.3. The van der Waals surface area contributed by atoms with E-state index in [2.05, 4.69) is 106 Å². The van der Waals surface area contributed by atoms with Crippen molar-refractivity contribution in [3.63, 3.8) is 0 Å². The monoisotopic (exact) mass is 961 g/mol. The third kappa shape index (κ3) is 55.4. The van der Waals surface area contributed by atoms with E-state index in [4.69, 9.17) is 14.2 Å². The Labute approximate surface area is 426 Å². The van der Waals surface area contributed by atoms with Gasteiger partial charge in [0, 0.05) is 19.3 Å². The molecule has 0 rings (SSSR count). The highest BCUT2D eigenvalue weighted by atomic mass is 16.6. The zero-order valence-electron chi connectivity index (χ0n) is 45.3. The minimum atomic E-state index is -0.790. The molecule has 6 nitrogen and oxygen atoms in total. The molecule has 0 fully saturated rings. The molecule has 0 amide bonds. The summed E-state index contributed by atoms with van der Waals surface area (Å²) in [7, 11) is 0. The lowest BCUT2D eigenvalue weighted by Gasteiger charge is -2.18. The van der Waals surface area contributed by atoms with Crippen molar-refractivity contribution in [2.75, 3.05) is 13.2 Å². The molecule has 0 saturated heterocycles. The lowest BCUT2D eigenvalue weighted by molar-refractivity contribution is -0.167. The van der Waals surface area contributed by atoms with Gasteiger partial charge < -0.3 is 14.2 Å². The van der Waals surface area contributed by atoms with E-state index in [0.717, 1.165) is 122 Å². The second kappa shape index (κ2) is 57.2. The third-order valence-electron chi connectivity index (χ3n) is 12.4. The van der Waals surface area contributed by atoms with Crippen molar-refractivity contribution in [1.82, 2.24) is 0 Å². The summed E-state index contributed by atoms with van der Waals surface area (Å²) < 4.78 is 16.8. The van der Waals surface area contributed by atoms with Crippen LogP contribution in [-0.2, 0) is 28.6 Å². The van der Waals surface area contributed by atoms with Crippen LogP contribution in [0.4, 0.5) is 0 Å². The first-order valence-electron chi connectivity index (χ1n) is 29.1. The molecule has 0 spiro atoms. The maximum Gasteiger partial charge on any atom is 0.306 e. The molecule has 0 saturated carbocycles. The van der Waals surface area contributed by atoms with Crippen LogP contribution in [0.15, 0.2) is 85.1 Å². The number of carbonyl (C=O) groups is 3. The maximum atomic E-state index is 12.8. The molecular weight excluding hydrogens is 853 g/mol. The SMILES string of the molecule is CC/C=C\C/C=C\C/C=C\C/C=C\C/C=C\C/C=C\CCCCCCC(=O)OCC(COC(=O)CCCCCCCCCCCCCCC)OC(=O)CCCCCCC/C=C\CCCCCCCC. The van der Waals surface area contributed by atoms with Crippen molar-refractivity contribution in [3.8, 4) is 0 Å². The van der Waals surface area contributed by atoms with Crippen LogP contribution >= 0.6 is 0 Å². The number of unbranched alkanes of at least 4 members (excludes halogenated alkanes) is 27. The fourth-order valence-corrected chi connectivity index (χ4v) is 8.03. The first-order chi connectivity index (χ1) is 34.0. The number of hydrogen-bond acceptors (Lipinski definition) is 6.